The van der Waals surface area contributed by atoms with E-state index in [9.17, 15) is 4.79 Å². The molecule has 2 aliphatic heterocycles. The van der Waals surface area contributed by atoms with Crippen LogP contribution in [0.15, 0.2) is 60.7 Å². The van der Waals surface area contributed by atoms with Crippen molar-refractivity contribution in [2.45, 2.75) is 26.1 Å². The molecule has 0 aliphatic carbocycles. The van der Waals surface area contributed by atoms with Gasteiger partial charge in [-0.2, -0.15) is 0 Å². The third kappa shape index (κ3) is 4.83. The second-order valence-corrected chi connectivity index (χ2v) is 9.14. The van der Waals surface area contributed by atoms with Gasteiger partial charge >= 0.3 is 0 Å². The number of amides is 1. The van der Waals surface area contributed by atoms with Gasteiger partial charge in [-0.25, -0.2) is 0 Å². The molecule has 182 valence electrons. The lowest BCUT2D eigenvalue weighted by Gasteiger charge is -2.29. The third-order valence-electron chi connectivity index (χ3n) is 6.78. The van der Waals surface area contributed by atoms with E-state index in [1.165, 1.54) is 0 Å². The van der Waals surface area contributed by atoms with Gasteiger partial charge in [-0.05, 0) is 60.0 Å². The summed E-state index contributed by atoms with van der Waals surface area (Å²) in [4.78, 5) is 17.2. The number of rotatable bonds is 7. The number of methoxy groups -OCH3 is 1. The maximum absolute atomic E-state index is 13.1. The number of hydrogen-bond acceptors (Lipinski definition) is 6. The zero-order chi connectivity index (χ0) is 24.4. The predicted molar refractivity (Wildman–Crippen MR) is 140 cm³/mol. The number of carbonyl (C=O) groups excluding carboxylic acids is 1. The van der Waals surface area contributed by atoms with Crippen LogP contribution in [0.4, 0.5) is 22.7 Å². The summed E-state index contributed by atoms with van der Waals surface area (Å²) >= 11 is 0. The van der Waals surface area contributed by atoms with Crippen molar-refractivity contribution in [1.82, 2.24) is 0 Å². The summed E-state index contributed by atoms with van der Waals surface area (Å²) in [6.07, 6.45) is 0. The maximum atomic E-state index is 13.1. The van der Waals surface area contributed by atoms with Crippen LogP contribution in [-0.4, -0.2) is 39.3 Å². The minimum Gasteiger partial charge on any atom is -0.397 e. The molecule has 0 aromatic heterocycles. The van der Waals surface area contributed by atoms with Crippen LogP contribution < -0.4 is 20.9 Å². The van der Waals surface area contributed by atoms with Gasteiger partial charge < -0.3 is 30.3 Å². The van der Waals surface area contributed by atoms with E-state index < -0.39 is 0 Å². The van der Waals surface area contributed by atoms with Crippen molar-refractivity contribution in [3.05, 3.63) is 82.9 Å². The Balaban J connectivity index is 1.29. The summed E-state index contributed by atoms with van der Waals surface area (Å²) in [7, 11) is 1.70. The number of carbonyl (C=O) groups is 1. The second kappa shape index (κ2) is 9.98. The molecule has 3 N–H and O–H groups in total. The molecule has 3 aromatic carbocycles. The van der Waals surface area contributed by atoms with Crippen molar-refractivity contribution in [1.29, 1.82) is 0 Å². The van der Waals surface area contributed by atoms with Crippen LogP contribution in [0.5, 0.6) is 0 Å². The van der Waals surface area contributed by atoms with E-state index in [0.717, 1.165) is 65.6 Å². The number of nitrogens with two attached hydrogens (primary N) is 1. The van der Waals surface area contributed by atoms with Gasteiger partial charge in [-0.1, -0.05) is 24.3 Å². The van der Waals surface area contributed by atoms with Crippen molar-refractivity contribution in [2.24, 2.45) is 0 Å². The van der Waals surface area contributed by atoms with E-state index in [1.54, 1.807) is 12.0 Å². The molecule has 0 saturated carbocycles. The lowest BCUT2D eigenvalue weighted by molar-refractivity contribution is 0.0996. The largest absolute Gasteiger partial charge is 0.397 e. The zero-order valence-electron chi connectivity index (χ0n) is 20.3. The molecule has 0 bridgehead atoms. The highest BCUT2D eigenvalue weighted by atomic mass is 16.5. The van der Waals surface area contributed by atoms with E-state index >= 15 is 0 Å². The van der Waals surface area contributed by atoms with Crippen molar-refractivity contribution < 1.29 is 14.3 Å². The lowest BCUT2D eigenvalue weighted by Crippen LogP contribution is -2.36. The topological polar surface area (TPSA) is 80.1 Å². The Morgan fingerprint density at radius 2 is 1.77 bits per heavy atom. The number of ether oxygens (including phenoxy) is 2. The first kappa shape index (κ1) is 23.2. The zero-order valence-corrected chi connectivity index (χ0v) is 20.3. The summed E-state index contributed by atoms with van der Waals surface area (Å²) in [5, 5.41) is 3.49. The van der Waals surface area contributed by atoms with Gasteiger partial charge in [0, 0.05) is 43.2 Å². The van der Waals surface area contributed by atoms with Gasteiger partial charge in [0.15, 0.2) is 0 Å². The number of anilines is 4. The monoisotopic (exact) mass is 472 g/mol. The molecule has 7 nitrogen and oxygen atoms in total. The minimum absolute atomic E-state index is 0.0122. The average Bonchev–Trinajstić information content (AvgIpc) is 3.22. The fourth-order valence-electron chi connectivity index (χ4n) is 4.77. The third-order valence-corrected chi connectivity index (χ3v) is 6.78. The molecule has 7 heteroatoms. The predicted octanol–water partition coefficient (Wildman–Crippen LogP) is 4.59. The summed E-state index contributed by atoms with van der Waals surface area (Å²) in [5.41, 5.74) is 13.9. The van der Waals surface area contributed by atoms with Gasteiger partial charge in [-0.3, -0.25) is 4.79 Å². The molecule has 2 heterocycles. The normalized spacial score (nSPS) is 16.3. The van der Waals surface area contributed by atoms with Gasteiger partial charge in [-0.15, -0.1) is 0 Å². The van der Waals surface area contributed by atoms with Crippen LogP contribution in [0, 0.1) is 0 Å². The quantitative estimate of drug-likeness (QED) is 0.490. The summed E-state index contributed by atoms with van der Waals surface area (Å²) < 4.78 is 10.7. The second-order valence-electron chi connectivity index (χ2n) is 9.14. The fourth-order valence-corrected chi connectivity index (χ4v) is 4.77. The van der Waals surface area contributed by atoms with Gasteiger partial charge in [0.2, 0.25) is 0 Å². The molecule has 1 unspecified atom stereocenters. The summed E-state index contributed by atoms with van der Waals surface area (Å²) in [6, 6.07) is 20.3. The molecule has 1 fully saturated rings. The number of nitrogen functional groups attached to an aromatic ring is 1. The van der Waals surface area contributed by atoms with E-state index in [1.807, 2.05) is 30.3 Å². The summed E-state index contributed by atoms with van der Waals surface area (Å²) in [5.74, 6) is 0.0122. The Morgan fingerprint density at radius 1 is 1.03 bits per heavy atom. The van der Waals surface area contributed by atoms with Crippen LogP contribution in [0.2, 0.25) is 0 Å². The van der Waals surface area contributed by atoms with Crippen LogP contribution in [0.3, 0.4) is 0 Å². The Hall–Kier alpha value is -3.55. The fraction of sp³-hybridized carbons (Fsp3) is 0.321. The first-order valence-electron chi connectivity index (χ1n) is 12.0. The molecular weight excluding hydrogens is 440 g/mol. The smallest absolute Gasteiger partial charge is 0.258 e. The average molecular weight is 473 g/mol. The van der Waals surface area contributed by atoms with Crippen molar-refractivity contribution in [2.75, 3.05) is 54.3 Å². The Kier molecular flexibility index (Phi) is 6.61. The van der Waals surface area contributed by atoms with Crippen LogP contribution in [0.25, 0.3) is 0 Å². The number of morpholine rings is 1. The number of fused-ring (bicyclic) bond motifs is 1. The molecule has 1 atom stereocenters. The molecule has 1 saturated heterocycles. The molecule has 3 aromatic rings. The van der Waals surface area contributed by atoms with E-state index in [0.29, 0.717) is 18.8 Å². The standard InChI is InChI=1S/C28H32N4O3/c1-19(21-5-3-20(4-6-21)18-34-2)30-27-10-8-24(16-26(27)29)32-17-22-15-23(7-9-25(22)28(32)33)31-11-13-35-14-12-31/h3-10,15-16,19,30H,11-14,17-18,29H2,1-2H3. The van der Waals surface area contributed by atoms with Crippen LogP contribution in [0.1, 0.15) is 40.0 Å². The summed E-state index contributed by atoms with van der Waals surface area (Å²) in [6.45, 7) is 6.46. The molecule has 35 heavy (non-hydrogen) atoms. The highest BCUT2D eigenvalue weighted by Gasteiger charge is 2.29. The molecule has 0 radical (unpaired) electrons. The number of hydrogen-bond donors (Lipinski definition) is 2. The van der Waals surface area contributed by atoms with Gasteiger partial charge in [0.05, 0.1) is 37.7 Å². The molecule has 2 aliphatic rings. The SMILES string of the molecule is COCc1ccc(C(C)Nc2ccc(N3Cc4cc(N5CCOCC5)ccc4C3=O)cc2N)cc1. The van der Waals surface area contributed by atoms with Crippen LogP contribution >= 0.6 is 0 Å². The highest BCUT2D eigenvalue weighted by molar-refractivity contribution is 6.10. The minimum atomic E-state index is 0.0122. The van der Waals surface area contributed by atoms with Crippen molar-refractivity contribution in [3.63, 3.8) is 0 Å². The molecule has 0 spiro atoms. The Bertz CT molecular complexity index is 1210. The van der Waals surface area contributed by atoms with Gasteiger partial charge in [0.1, 0.15) is 0 Å². The number of benzene rings is 3. The van der Waals surface area contributed by atoms with Crippen molar-refractivity contribution >= 4 is 28.7 Å². The lowest BCUT2D eigenvalue weighted by atomic mass is 10.1. The van der Waals surface area contributed by atoms with Crippen molar-refractivity contribution in [3.8, 4) is 0 Å². The Labute approximate surface area is 206 Å². The van der Waals surface area contributed by atoms with E-state index in [2.05, 4.69) is 47.5 Å². The first-order chi connectivity index (χ1) is 17.0. The maximum Gasteiger partial charge on any atom is 0.258 e. The van der Waals surface area contributed by atoms with Crippen LogP contribution in [-0.2, 0) is 22.6 Å². The van der Waals surface area contributed by atoms with E-state index in [4.69, 9.17) is 15.2 Å². The molecular formula is C28H32N4O3. The number of nitrogens with one attached hydrogen (secondary N) is 1. The molecule has 5 rings (SSSR count). The Morgan fingerprint density at radius 3 is 2.49 bits per heavy atom. The number of nitrogens with zero attached hydrogens (tertiary/aromatic N) is 2. The first-order valence-corrected chi connectivity index (χ1v) is 12.0. The van der Waals surface area contributed by atoms with Gasteiger partial charge in [0.25, 0.3) is 5.91 Å². The molecule has 1 amide bonds. The highest BCUT2D eigenvalue weighted by Crippen LogP contribution is 2.34. The van der Waals surface area contributed by atoms with E-state index in [-0.39, 0.29) is 11.9 Å².